The van der Waals surface area contributed by atoms with Crippen LogP contribution in [0.1, 0.15) is 18.5 Å². The monoisotopic (exact) mass is 177 g/mol. The van der Waals surface area contributed by atoms with Gasteiger partial charge in [0.1, 0.15) is 0 Å². The summed E-state index contributed by atoms with van der Waals surface area (Å²) in [7, 11) is 0. The Morgan fingerprint density at radius 2 is 2.45 bits per heavy atom. The number of carbonyl (C=O) groups is 1. The van der Waals surface area contributed by atoms with Gasteiger partial charge in [0.15, 0.2) is 0 Å². The summed E-state index contributed by atoms with van der Waals surface area (Å²) < 4.78 is 0. The lowest BCUT2D eigenvalue weighted by atomic mass is 10.1. The SMILES string of the molecule is CC(C(=O)O)c1cn[nH]n1.Cl. The molecule has 5 nitrogen and oxygen atoms in total. The maximum Gasteiger partial charge on any atom is 0.312 e. The zero-order chi connectivity index (χ0) is 7.56. The predicted octanol–water partition coefficient (Wildman–Crippen LogP) is 0.415. The van der Waals surface area contributed by atoms with Crippen LogP contribution in [0.4, 0.5) is 0 Å². The number of hydrogen-bond donors (Lipinski definition) is 2. The molecule has 0 radical (unpaired) electrons. The van der Waals surface area contributed by atoms with Crippen molar-refractivity contribution in [2.45, 2.75) is 12.8 Å². The summed E-state index contributed by atoms with van der Waals surface area (Å²) in [6.45, 7) is 1.56. The summed E-state index contributed by atoms with van der Waals surface area (Å²) >= 11 is 0. The van der Waals surface area contributed by atoms with E-state index in [0.29, 0.717) is 5.69 Å². The molecule has 0 spiro atoms. The summed E-state index contributed by atoms with van der Waals surface area (Å²) in [5, 5.41) is 17.9. The molecule has 0 amide bonds. The number of aliphatic carboxylic acids is 1. The largest absolute Gasteiger partial charge is 0.481 e. The number of carboxylic acid groups (broad SMARTS) is 1. The van der Waals surface area contributed by atoms with Gasteiger partial charge in [-0.3, -0.25) is 4.79 Å². The summed E-state index contributed by atoms with van der Waals surface area (Å²) in [5.74, 6) is -1.48. The smallest absolute Gasteiger partial charge is 0.312 e. The first-order chi connectivity index (χ1) is 4.72. The van der Waals surface area contributed by atoms with Gasteiger partial charge in [0.25, 0.3) is 0 Å². The first-order valence-corrected chi connectivity index (χ1v) is 2.80. The normalized spacial score (nSPS) is 11.7. The Bertz CT molecular complexity index is 224. The van der Waals surface area contributed by atoms with Gasteiger partial charge in [0.05, 0.1) is 17.8 Å². The van der Waals surface area contributed by atoms with Crippen molar-refractivity contribution in [1.82, 2.24) is 15.4 Å². The Balaban J connectivity index is 0.000001000. The van der Waals surface area contributed by atoms with Gasteiger partial charge in [-0.05, 0) is 6.92 Å². The van der Waals surface area contributed by atoms with Crippen LogP contribution < -0.4 is 0 Å². The number of hydrogen-bond acceptors (Lipinski definition) is 3. The maximum absolute atomic E-state index is 10.3. The van der Waals surface area contributed by atoms with E-state index in [-0.39, 0.29) is 12.4 Å². The highest BCUT2D eigenvalue weighted by Crippen LogP contribution is 2.08. The Morgan fingerprint density at radius 3 is 2.82 bits per heavy atom. The van der Waals surface area contributed by atoms with Gasteiger partial charge in [-0.25, -0.2) is 0 Å². The zero-order valence-electron chi connectivity index (χ0n) is 5.81. The third-order valence-corrected chi connectivity index (χ3v) is 1.25. The van der Waals surface area contributed by atoms with Gasteiger partial charge in [-0.1, -0.05) is 0 Å². The summed E-state index contributed by atoms with van der Waals surface area (Å²) in [5.41, 5.74) is 0.451. The van der Waals surface area contributed by atoms with Crippen molar-refractivity contribution in [3.05, 3.63) is 11.9 Å². The van der Waals surface area contributed by atoms with E-state index < -0.39 is 11.9 Å². The van der Waals surface area contributed by atoms with Gasteiger partial charge in [-0.2, -0.15) is 15.4 Å². The first-order valence-electron chi connectivity index (χ1n) is 2.80. The van der Waals surface area contributed by atoms with Crippen LogP contribution in [0, 0.1) is 0 Å². The van der Waals surface area contributed by atoms with E-state index >= 15 is 0 Å². The highest BCUT2D eigenvalue weighted by Gasteiger charge is 2.15. The Morgan fingerprint density at radius 1 is 1.82 bits per heavy atom. The molecule has 1 rings (SSSR count). The average Bonchev–Trinajstić information content (AvgIpc) is 2.36. The number of nitrogens with zero attached hydrogens (tertiary/aromatic N) is 2. The quantitative estimate of drug-likeness (QED) is 0.686. The number of aromatic nitrogens is 3. The number of nitrogens with one attached hydrogen (secondary N) is 1. The van der Waals surface area contributed by atoms with Gasteiger partial charge in [0, 0.05) is 0 Å². The van der Waals surface area contributed by atoms with Crippen LogP contribution in [-0.2, 0) is 4.79 Å². The van der Waals surface area contributed by atoms with E-state index in [0.717, 1.165) is 0 Å². The molecule has 0 saturated heterocycles. The Labute approximate surface area is 69.2 Å². The van der Waals surface area contributed by atoms with Gasteiger partial charge in [0.2, 0.25) is 0 Å². The summed E-state index contributed by atoms with van der Waals surface area (Å²) in [6, 6.07) is 0. The van der Waals surface area contributed by atoms with Crippen LogP contribution in [0.15, 0.2) is 6.20 Å². The van der Waals surface area contributed by atoms with Crippen molar-refractivity contribution in [3.8, 4) is 0 Å². The van der Waals surface area contributed by atoms with Crippen LogP contribution in [0.5, 0.6) is 0 Å². The highest BCUT2D eigenvalue weighted by molar-refractivity contribution is 5.85. The summed E-state index contributed by atoms with van der Waals surface area (Å²) in [6.07, 6.45) is 1.40. The molecule has 11 heavy (non-hydrogen) atoms. The van der Waals surface area contributed by atoms with Crippen LogP contribution in [-0.4, -0.2) is 26.5 Å². The molecule has 6 heteroatoms. The number of H-pyrrole nitrogens is 1. The zero-order valence-corrected chi connectivity index (χ0v) is 6.63. The van der Waals surface area contributed by atoms with Crippen LogP contribution in [0.3, 0.4) is 0 Å². The minimum Gasteiger partial charge on any atom is -0.481 e. The molecule has 1 heterocycles. The third kappa shape index (κ3) is 2.19. The molecule has 1 atom stereocenters. The molecular formula is C5H8ClN3O2. The van der Waals surface area contributed by atoms with Crippen LogP contribution in [0.2, 0.25) is 0 Å². The molecule has 62 valence electrons. The Hall–Kier alpha value is -1.10. The van der Waals surface area contributed by atoms with Crippen molar-refractivity contribution in [1.29, 1.82) is 0 Å². The molecule has 0 bridgehead atoms. The predicted molar refractivity (Wildman–Crippen MR) is 39.7 cm³/mol. The van der Waals surface area contributed by atoms with Crippen LogP contribution in [0.25, 0.3) is 0 Å². The van der Waals surface area contributed by atoms with E-state index in [2.05, 4.69) is 15.4 Å². The minimum absolute atomic E-state index is 0. The van der Waals surface area contributed by atoms with E-state index in [1.54, 1.807) is 6.92 Å². The standard InChI is InChI=1S/C5H7N3O2.ClH/c1-3(5(9)10)4-2-6-8-7-4;/h2-3H,1H3,(H,9,10)(H,6,7,8);1H. The van der Waals surface area contributed by atoms with E-state index in [4.69, 9.17) is 5.11 Å². The molecule has 0 aliphatic rings. The maximum atomic E-state index is 10.3. The molecule has 0 aliphatic carbocycles. The van der Waals surface area contributed by atoms with Crippen molar-refractivity contribution < 1.29 is 9.90 Å². The van der Waals surface area contributed by atoms with E-state index in [1.807, 2.05) is 0 Å². The van der Waals surface area contributed by atoms with Gasteiger partial charge in [-0.15, -0.1) is 12.4 Å². The number of aromatic amines is 1. The second-order valence-corrected chi connectivity index (χ2v) is 1.95. The number of carboxylic acids is 1. The second-order valence-electron chi connectivity index (χ2n) is 1.95. The molecule has 0 fully saturated rings. The highest BCUT2D eigenvalue weighted by atomic mass is 35.5. The number of halogens is 1. The average molecular weight is 178 g/mol. The summed E-state index contributed by atoms with van der Waals surface area (Å²) in [4.78, 5) is 10.3. The molecule has 0 aromatic carbocycles. The lowest BCUT2D eigenvalue weighted by molar-refractivity contribution is -0.138. The molecule has 1 aromatic rings. The molecule has 2 N–H and O–H groups in total. The molecule has 0 saturated carbocycles. The fourth-order valence-corrected chi connectivity index (χ4v) is 0.546. The molecular weight excluding hydrogens is 170 g/mol. The van der Waals surface area contributed by atoms with Crippen molar-refractivity contribution in [3.63, 3.8) is 0 Å². The molecule has 1 aromatic heterocycles. The van der Waals surface area contributed by atoms with Gasteiger partial charge >= 0.3 is 5.97 Å². The van der Waals surface area contributed by atoms with E-state index in [9.17, 15) is 4.79 Å². The topological polar surface area (TPSA) is 78.9 Å². The third-order valence-electron chi connectivity index (χ3n) is 1.25. The van der Waals surface area contributed by atoms with Crippen LogP contribution >= 0.6 is 12.4 Å². The van der Waals surface area contributed by atoms with E-state index in [1.165, 1.54) is 6.20 Å². The lowest BCUT2D eigenvalue weighted by Gasteiger charge is -1.97. The second kappa shape index (κ2) is 3.92. The number of rotatable bonds is 2. The molecule has 1 unspecified atom stereocenters. The fourth-order valence-electron chi connectivity index (χ4n) is 0.546. The first kappa shape index (κ1) is 9.90. The molecule has 0 aliphatic heterocycles. The fraction of sp³-hybridized carbons (Fsp3) is 0.400. The van der Waals surface area contributed by atoms with Crippen molar-refractivity contribution >= 4 is 18.4 Å². The lowest BCUT2D eigenvalue weighted by Crippen LogP contribution is -2.07. The van der Waals surface area contributed by atoms with Gasteiger partial charge < -0.3 is 5.11 Å². The minimum atomic E-state index is -0.895. The Kier molecular flexibility index (Phi) is 3.53. The van der Waals surface area contributed by atoms with Crippen molar-refractivity contribution in [2.75, 3.05) is 0 Å². The van der Waals surface area contributed by atoms with Crippen molar-refractivity contribution in [2.24, 2.45) is 0 Å².